The first kappa shape index (κ1) is 14.9. The van der Waals surface area contributed by atoms with Gasteiger partial charge in [0.05, 0.1) is 19.8 Å². The number of rotatable bonds is 2. The number of ether oxygens (including phenoxy) is 2. The molecular formula is C19H25NO3. The molecule has 1 amide bonds. The molecule has 1 saturated heterocycles. The summed E-state index contributed by atoms with van der Waals surface area (Å²) in [6.07, 6.45) is 7.47. The van der Waals surface area contributed by atoms with E-state index < -0.39 is 0 Å². The van der Waals surface area contributed by atoms with Crippen molar-refractivity contribution in [2.24, 2.45) is 5.92 Å². The maximum atomic E-state index is 12.6. The van der Waals surface area contributed by atoms with Crippen LogP contribution < -0.4 is 9.47 Å². The first-order valence-corrected chi connectivity index (χ1v) is 8.76. The van der Waals surface area contributed by atoms with Crippen LogP contribution in [0.5, 0.6) is 11.5 Å². The lowest BCUT2D eigenvalue weighted by molar-refractivity contribution is -0.152. The van der Waals surface area contributed by atoms with E-state index in [9.17, 15) is 4.79 Å². The van der Waals surface area contributed by atoms with Gasteiger partial charge in [0, 0.05) is 13.0 Å². The molecule has 2 atom stereocenters. The van der Waals surface area contributed by atoms with Crippen molar-refractivity contribution in [3.63, 3.8) is 0 Å². The van der Waals surface area contributed by atoms with Gasteiger partial charge in [0.2, 0.25) is 5.91 Å². The lowest BCUT2D eigenvalue weighted by atomic mass is 9.61. The topological polar surface area (TPSA) is 38.8 Å². The van der Waals surface area contributed by atoms with Crippen LogP contribution in [0.3, 0.4) is 0 Å². The van der Waals surface area contributed by atoms with E-state index in [1.54, 1.807) is 14.2 Å². The van der Waals surface area contributed by atoms with Gasteiger partial charge in [-0.15, -0.1) is 0 Å². The summed E-state index contributed by atoms with van der Waals surface area (Å²) in [5, 5.41) is 0. The molecule has 2 fully saturated rings. The highest BCUT2D eigenvalue weighted by atomic mass is 16.5. The number of fused-ring (bicyclic) bond motifs is 1. The molecule has 124 valence electrons. The van der Waals surface area contributed by atoms with Gasteiger partial charge in [-0.3, -0.25) is 4.79 Å². The lowest BCUT2D eigenvalue weighted by Gasteiger charge is -2.57. The fourth-order valence-electron chi connectivity index (χ4n) is 5.21. The van der Waals surface area contributed by atoms with E-state index in [0.29, 0.717) is 11.8 Å². The van der Waals surface area contributed by atoms with Gasteiger partial charge >= 0.3 is 0 Å². The number of carbonyl (C=O) groups excluding carboxylic acids is 1. The normalized spacial score (nSPS) is 29.4. The molecule has 3 aliphatic rings. The van der Waals surface area contributed by atoms with E-state index in [0.717, 1.165) is 43.7 Å². The van der Waals surface area contributed by atoms with Crippen LogP contribution in [0.2, 0.25) is 0 Å². The van der Waals surface area contributed by atoms with Crippen molar-refractivity contribution < 1.29 is 14.3 Å². The third kappa shape index (κ3) is 2.00. The van der Waals surface area contributed by atoms with Crippen LogP contribution in [-0.2, 0) is 16.8 Å². The minimum atomic E-state index is -0.0965. The fraction of sp³-hybridized carbons (Fsp3) is 0.632. The summed E-state index contributed by atoms with van der Waals surface area (Å²) >= 11 is 0. The second-order valence-electron chi connectivity index (χ2n) is 7.07. The van der Waals surface area contributed by atoms with Gasteiger partial charge in [0.25, 0.3) is 0 Å². The molecule has 2 unspecified atom stereocenters. The largest absolute Gasteiger partial charge is 0.493 e. The van der Waals surface area contributed by atoms with Crippen molar-refractivity contribution in [2.45, 2.75) is 50.5 Å². The highest BCUT2D eigenvalue weighted by molar-refractivity contribution is 5.79. The summed E-state index contributed by atoms with van der Waals surface area (Å²) < 4.78 is 11.0. The second kappa shape index (κ2) is 5.43. The predicted octanol–water partition coefficient (Wildman–Crippen LogP) is 3.27. The maximum absolute atomic E-state index is 12.6. The third-order valence-corrected chi connectivity index (χ3v) is 6.21. The predicted molar refractivity (Wildman–Crippen MR) is 87.8 cm³/mol. The molecule has 4 rings (SSSR count). The minimum absolute atomic E-state index is 0.0965. The van der Waals surface area contributed by atoms with Crippen molar-refractivity contribution >= 4 is 5.91 Å². The molecule has 0 radical (unpaired) electrons. The van der Waals surface area contributed by atoms with Crippen LogP contribution in [0.25, 0.3) is 0 Å². The summed E-state index contributed by atoms with van der Waals surface area (Å²) in [6, 6.07) is 4.28. The molecule has 1 spiro atoms. The lowest BCUT2D eigenvalue weighted by Crippen LogP contribution is -2.61. The number of hydrogen-bond acceptors (Lipinski definition) is 3. The Balaban J connectivity index is 1.91. The summed E-state index contributed by atoms with van der Waals surface area (Å²) in [6.45, 7) is 0.845. The molecule has 0 N–H and O–H groups in total. The van der Waals surface area contributed by atoms with Crippen LogP contribution in [-0.4, -0.2) is 31.6 Å². The van der Waals surface area contributed by atoms with Crippen LogP contribution >= 0.6 is 0 Å². The van der Waals surface area contributed by atoms with Crippen LogP contribution in [0, 0.1) is 5.92 Å². The smallest absolute Gasteiger partial charge is 0.223 e. The first-order valence-electron chi connectivity index (χ1n) is 8.76. The van der Waals surface area contributed by atoms with E-state index in [4.69, 9.17) is 9.47 Å². The van der Waals surface area contributed by atoms with Crippen LogP contribution in [0.4, 0.5) is 0 Å². The van der Waals surface area contributed by atoms with Gasteiger partial charge in [-0.2, -0.15) is 0 Å². The molecule has 0 aromatic heterocycles. The van der Waals surface area contributed by atoms with Gasteiger partial charge in [-0.25, -0.2) is 0 Å². The highest BCUT2D eigenvalue weighted by Gasteiger charge is 2.53. The van der Waals surface area contributed by atoms with E-state index in [1.807, 2.05) is 0 Å². The molecule has 23 heavy (non-hydrogen) atoms. The van der Waals surface area contributed by atoms with E-state index in [2.05, 4.69) is 17.0 Å². The summed E-state index contributed by atoms with van der Waals surface area (Å²) in [5.41, 5.74) is 2.56. The summed E-state index contributed by atoms with van der Waals surface area (Å²) in [4.78, 5) is 14.8. The first-order chi connectivity index (χ1) is 11.2. The monoisotopic (exact) mass is 315 g/mol. The molecule has 1 aromatic carbocycles. The number of piperidine rings is 1. The number of nitrogens with zero attached hydrogens (tertiary/aromatic N) is 1. The number of hydrogen-bond donors (Lipinski definition) is 0. The Morgan fingerprint density at radius 1 is 1.09 bits per heavy atom. The highest BCUT2D eigenvalue weighted by Crippen LogP contribution is 2.55. The zero-order valence-electron chi connectivity index (χ0n) is 14.1. The number of methoxy groups -OCH3 is 2. The Hall–Kier alpha value is -1.71. The third-order valence-electron chi connectivity index (χ3n) is 6.21. The molecule has 2 aliphatic heterocycles. The Kier molecular flexibility index (Phi) is 3.51. The van der Waals surface area contributed by atoms with Gasteiger partial charge in [-0.05, 0) is 54.9 Å². The molecule has 4 nitrogen and oxygen atoms in total. The number of amides is 1. The average Bonchev–Trinajstić information content (AvgIpc) is 2.60. The molecule has 1 aliphatic carbocycles. The van der Waals surface area contributed by atoms with E-state index in [-0.39, 0.29) is 5.54 Å². The van der Waals surface area contributed by atoms with Gasteiger partial charge in [0.1, 0.15) is 0 Å². The van der Waals surface area contributed by atoms with Gasteiger partial charge in [0.15, 0.2) is 11.5 Å². The molecule has 2 heterocycles. The van der Waals surface area contributed by atoms with E-state index >= 15 is 0 Å². The van der Waals surface area contributed by atoms with Crippen LogP contribution in [0.1, 0.15) is 49.7 Å². The Labute approximate surface area is 137 Å². The Bertz CT molecular complexity index is 642. The maximum Gasteiger partial charge on any atom is 0.223 e. The van der Waals surface area contributed by atoms with Crippen molar-refractivity contribution in [1.29, 1.82) is 0 Å². The average molecular weight is 315 g/mol. The molecule has 1 aromatic rings. The molecule has 0 bridgehead atoms. The standard InChI is InChI=1S/C19H25NO3/c1-22-16-11-13-8-10-20-18(21)7-6-14-5-3-4-9-19(14,20)15(13)12-17(16)23-2/h11-12,14H,3-10H2,1-2H3. The number of benzene rings is 1. The van der Waals surface area contributed by atoms with Gasteiger partial charge in [-0.1, -0.05) is 12.8 Å². The van der Waals surface area contributed by atoms with E-state index in [1.165, 1.54) is 30.4 Å². The zero-order valence-corrected chi connectivity index (χ0v) is 14.1. The Morgan fingerprint density at radius 2 is 1.87 bits per heavy atom. The number of carbonyl (C=O) groups is 1. The fourth-order valence-corrected chi connectivity index (χ4v) is 5.21. The van der Waals surface area contributed by atoms with Crippen molar-refractivity contribution in [1.82, 2.24) is 4.90 Å². The molecule has 1 saturated carbocycles. The summed E-state index contributed by atoms with van der Waals surface area (Å²) in [5.74, 6) is 2.50. The Morgan fingerprint density at radius 3 is 2.65 bits per heavy atom. The van der Waals surface area contributed by atoms with Crippen molar-refractivity contribution in [3.8, 4) is 11.5 Å². The second-order valence-corrected chi connectivity index (χ2v) is 7.07. The SMILES string of the molecule is COc1cc2c(cc1OC)C13CCCCC1CCC(=O)N3CC2. The minimum Gasteiger partial charge on any atom is -0.493 e. The quantitative estimate of drug-likeness (QED) is 0.841. The van der Waals surface area contributed by atoms with Gasteiger partial charge < -0.3 is 14.4 Å². The zero-order chi connectivity index (χ0) is 16.0. The van der Waals surface area contributed by atoms with Crippen LogP contribution in [0.15, 0.2) is 12.1 Å². The molecule has 4 heteroatoms. The molecular weight excluding hydrogens is 290 g/mol. The van der Waals surface area contributed by atoms with Crippen molar-refractivity contribution in [2.75, 3.05) is 20.8 Å². The summed E-state index contributed by atoms with van der Waals surface area (Å²) in [7, 11) is 3.37. The van der Waals surface area contributed by atoms with Crippen molar-refractivity contribution in [3.05, 3.63) is 23.3 Å².